The molecule has 2 aromatic rings. The number of aldehydes is 1. The highest BCUT2D eigenvalue weighted by molar-refractivity contribution is 6.39. The van der Waals surface area contributed by atoms with Crippen molar-refractivity contribution in [2.24, 2.45) is 0 Å². The van der Waals surface area contributed by atoms with Crippen LogP contribution >= 0.6 is 23.2 Å². The van der Waals surface area contributed by atoms with Gasteiger partial charge in [0.05, 0.1) is 21.8 Å². The second kappa shape index (κ2) is 3.81. The summed E-state index contributed by atoms with van der Waals surface area (Å²) in [6.45, 7) is 0. The van der Waals surface area contributed by atoms with E-state index in [0.717, 1.165) is 0 Å². The smallest absolute Gasteiger partial charge is 0.338 e. The molecule has 1 heterocycles. The molecule has 1 aromatic heterocycles. The number of H-pyrrole nitrogens is 1. The predicted octanol–water partition coefficient (Wildman–Crippen LogP) is 2.99. The molecule has 0 aliphatic rings. The van der Waals surface area contributed by atoms with Gasteiger partial charge in [0.1, 0.15) is 0 Å². The zero-order chi connectivity index (χ0) is 11.9. The fourth-order valence-electron chi connectivity index (χ4n) is 1.56. The third kappa shape index (κ3) is 1.56. The average Bonchev–Trinajstić information content (AvgIpc) is 2.56. The van der Waals surface area contributed by atoms with E-state index in [1.54, 1.807) is 0 Å². The Hall–Kier alpha value is -1.52. The molecule has 0 fully saturated rings. The first kappa shape index (κ1) is 11.0. The van der Waals surface area contributed by atoms with Crippen molar-refractivity contribution in [3.05, 3.63) is 33.4 Å². The van der Waals surface area contributed by atoms with E-state index in [1.807, 2.05) is 0 Å². The van der Waals surface area contributed by atoms with Crippen molar-refractivity contribution in [3.8, 4) is 0 Å². The number of nitrogens with one attached hydrogen (secondary N) is 1. The summed E-state index contributed by atoms with van der Waals surface area (Å²) in [6.07, 6.45) is 0.438. The maximum Gasteiger partial charge on any atom is 0.338 e. The third-order valence-corrected chi connectivity index (χ3v) is 2.70. The van der Waals surface area contributed by atoms with Crippen LogP contribution in [0.25, 0.3) is 10.9 Å². The Labute approximate surface area is 99.8 Å². The average molecular weight is 258 g/mol. The number of hydrogen-bond acceptors (Lipinski definition) is 2. The molecular formula is C10H5Cl2NO3. The van der Waals surface area contributed by atoms with Gasteiger partial charge in [-0.25, -0.2) is 4.79 Å². The number of aromatic nitrogens is 1. The molecule has 4 nitrogen and oxygen atoms in total. The second-order valence-corrected chi connectivity index (χ2v) is 3.99. The van der Waals surface area contributed by atoms with Gasteiger partial charge >= 0.3 is 5.97 Å². The van der Waals surface area contributed by atoms with Crippen LogP contribution in [0, 0.1) is 0 Å². The monoisotopic (exact) mass is 257 g/mol. The molecule has 0 spiro atoms. The van der Waals surface area contributed by atoms with E-state index in [0.29, 0.717) is 22.2 Å². The Balaban J connectivity index is 2.95. The van der Waals surface area contributed by atoms with Gasteiger partial charge in [0.25, 0.3) is 0 Å². The van der Waals surface area contributed by atoms with Gasteiger partial charge in [-0.3, -0.25) is 4.79 Å². The van der Waals surface area contributed by atoms with Gasteiger partial charge in [0, 0.05) is 10.4 Å². The Kier molecular flexibility index (Phi) is 2.61. The number of carbonyl (C=O) groups excluding carboxylic acids is 1. The van der Waals surface area contributed by atoms with Gasteiger partial charge in [0.15, 0.2) is 6.29 Å². The number of aromatic carboxylic acids is 1. The fourth-order valence-corrected chi connectivity index (χ4v) is 2.10. The predicted molar refractivity (Wildman–Crippen MR) is 60.7 cm³/mol. The number of carboxylic acids is 1. The molecule has 1 aromatic carbocycles. The molecule has 0 unspecified atom stereocenters. The number of halogens is 2. The summed E-state index contributed by atoms with van der Waals surface area (Å²) >= 11 is 11.7. The van der Waals surface area contributed by atoms with Gasteiger partial charge in [-0.2, -0.15) is 0 Å². The van der Waals surface area contributed by atoms with Crippen LogP contribution in [0.2, 0.25) is 10.0 Å². The molecule has 0 saturated carbocycles. The summed E-state index contributed by atoms with van der Waals surface area (Å²) in [7, 11) is 0. The molecule has 2 rings (SSSR count). The van der Waals surface area contributed by atoms with E-state index in [4.69, 9.17) is 28.3 Å². The van der Waals surface area contributed by atoms with Crippen molar-refractivity contribution in [1.82, 2.24) is 4.98 Å². The molecule has 2 N–H and O–H groups in total. The van der Waals surface area contributed by atoms with Gasteiger partial charge in [-0.15, -0.1) is 0 Å². The summed E-state index contributed by atoms with van der Waals surface area (Å²) in [5.41, 5.74) is 0.256. The minimum absolute atomic E-state index is 0.0216. The zero-order valence-corrected chi connectivity index (χ0v) is 9.26. The lowest BCUT2D eigenvalue weighted by Gasteiger charge is -1.96. The number of benzene rings is 1. The van der Waals surface area contributed by atoms with Crippen LogP contribution in [0.5, 0.6) is 0 Å². The summed E-state index contributed by atoms with van der Waals surface area (Å²) in [4.78, 5) is 24.4. The Morgan fingerprint density at radius 3 is 2.62 bits per heavy atom. The molecule has 0 aliphatic carbocycles. The number of carboxylic acid groups (broad SMARTS) is 1. The van der Waals surface area contributed by atoms with Gasteiger partial charge in [0.2, 0.25) is 0 Å². The van der Waals surface area contributed by atoms with E-state index < -0.39 is 5.97 Å². The molecule has 0 saturated heterocycles. The van der Waals surface area contributed by atoms with E-state index >= 15 is 0 Å². The van der Waals surface area contributed by atoms with Crippen LogP contribution in [-0.2, 0) is 0 Å². The van der Waals surface area contributed by atoms with Crippen molar-refractivity contribution in [3.63, 3.8) is 0 Å². The van der Waals surface area contributed by atoms with Crippen molar-refractivity contribution < 1.29 is 14.7 Å². The van der Waals surface area contributed by atoms with Crippen molar-refractivity contribution in [1.29, 1.82) is 0 Å². The van der Waals surface area contributed by atoms with Crippen LogP contribution in [0.1, 0.15) is 20.8 Å². The summed E-state index contributed by atoms with van der Waals surface area (Å²) in [5.74, 6) is -1.20. The normalized spacial score (nSPS) is 10.6. The number of rotatable bonds is 2. The van der Waals surface area contributed by atoms with E-state index in [1.165, 1.54) is 12.1 Å². The number of hydrogen-bond donors (Lipinski definition) is 2. The molecule has 0 bridgehead atoms. The van der Waals surface area contributed by atoms with Gasteiger partial charge in [-0.05, 0) is 12.1 Å². The Morgan fingerprint density at radius 2 is 2.06 bits per heavy atom. The van der Waals surface area contributed by atoms with Crippen LogP contribution < -0.4 is 0 Å². The van der Waals surface area contributed by atoms with E-state index in [2.05, 4.69) is 4.98 Å². The first-order valence-electron chi connectivity index (χ1n) is 4.23. The lowest BCUT2D eigenvalue weighted by atomic mass is 10.1. The highest BCUT2D eigenvalue weighted by Crippen LogP contribution is 2.31. The quantitative estimate of drug-likeness (QED) is 0.813. The van der Waals surface area contributed by atoms with Crippen LogP contribution in [0.3, 0.4) is 0 Å². The standard InChI is InChI=1S/C10H5Cl2NO3/c11-4-1-5-8(10(15)16)7(3-14)13-9(5)6(12)2-4/h1-3,13H,(H,15,16). The molecule has 82 valence electrons. The molecule has 0 amide bonds. The molecule has 0 aliphatic heterocycles. The van der Waals surface area contributed by atoms with Crippen molar-refractivity contribution in [2.45, 2.75) is 0 Å². The highest BCUT2D eigenvalue weighted by atomic mass is 35.5. The third-order valence-electron chi connectivity index (χ3n) is 2.19. The topological polar surface area (TPSA) is 70.2 Å². The maximum absolute atomic E-state index is 11.0. The minimum atomic E-state index is -1.20. The number of aromatic amines is 1. The molecule has 16 heavy (non-hydrogen) atoms. The maximum atomic E-state index is 11.0. The largest absolute Gasteiger partial charge is 0.478 e. The number of carbonyl (C=O) groups is 2. The van der Waals surface area contributed by atoms with Crippen LogP contribution in [-0.4, -0.2) is 22.3 Å². The second-order valence-electron chi connectivity index (χ2n) is 3.15. The molecule has 0 atom stereocenters. The van der Waals surface area contributed by atoms with E-state index in [-0.39, 0.29) is 16.3 Å². The Morgan fingerprint density at radius 1 is 1.38 bits per heavy atom. The van der Waals surface area contributed by atoms with Crippen molar-refractivity contribution >= 4 is 46.4 Å². The highest BCUT2D eigenvalue weighted by Gasteiger charge is 2.19. The first-order valence-corrected chi connectivity index (χ1v) is 4.99. The number of fused-ring (bicyclic) bond motifs is 1. The minimum Gasteiger partial charge on any atom is -0.478 e. The lowest BCUT2D eigenvalue weighted by Crippen LogP contribution is -1.99. The SMILES string of the molecule is O=Cc1[nH]c2c(Cl)cc(Cl)cc2c1C(=O)O. The zero-order valence-electron chi connectivity index (χ0n) is 7.75. The van der Waals surface area contributed by atoms with Crippen LogP contribution in [0.4, 0.5) is 0 Å². The lowest BCUT2D eigenvalue weighted by molar-refractivity contribution is 0.0696. The summed E-state index contributed by atoms with van der Waals surface area (Å²) in [6, 6.07) is 2.93. The van der Waals surface area contributed by atoms with E-state index in [9.17, 15) is 9.59 Å². The molecule has 0 radical (unpaired) electrons. The van der Waals surface area contributed by atoms with Gasteiger partial charge in [-0.1, -0.05) is 23.2 Å². The van der Waals surface area contributed by atoms with Gasteiger partial charge < -0.3 is 10.1 Å². The van der Waals surface area contributed by atoms with Crippen LogP contribution in [0.15, 0.2) is 12.1 Å². The first-order chi connectivity index (χ1) is 7.54. The Bertz CT molecular complexity index is 604. The summed E-state index contributed by atoms with van der Waals surface area (Å²) < 4.78 is 0. The molecule has 6 heteroatoms. The summed E-state index contributed by atoms with van der Waals surface area (Å²) in [5, 5.41) is 9.92. The molecular weight excluding hydrogens is 253 g/mol. The van der Waals surface area contributed by atoms with Crippen molar-refractivity contribution in [2.75, 3.05) is 0 Å². The fraction of sp³-hybridized carbons (Fsp3) is 0.